The van der Waals surface area contributed by atoms with Crippen LogP contribution in [0.25, 0.3) is 27.6 Å². The number of benzene rings is 2. The monoisotopic (exact) mass is 448 g/mol. The van der Waals surface area contributed by atoms with Crippen molar-refractivity contribution in [3.8, 4) is 5.69 Å². The molecule has 0 fully saturated rings. The van der Waals surface area contributed by atoms with Crippen molar-refractivity contribution in [1.82, 2.24) is 24.5 Å². The third-order valence-electron chi connectivity index (χ3n) is 5.39. The molecule has 0 unspecified atom stereocenters. The molecule has 0 aliphatic heterocycles. The summed E-state index contributed by atoms with van der Waals surface area (Å²) in [5, 5.41) is 4.92. The molecular formula is C23H18ClFN6O. The SMILES string of the molecule is CC[C@H](Nc1ncnc2[nH]cnc12)c1cc2ccc(F)cc2c(=O)n1-c1ccc(Cl)cc1. The van der Waals surface area contributed by atoms with Gasteiger partial charge in [-0.3, -0.25) is 9.36 Å². The van der Waals surface area contributed by atoms with Crippen molar-refractivity contribution in [2.45, 2.75) is 19.4 Å². The Morgan fingerprint density at radius 2 is 1.94 bits per heavy atom. The average Bonchev–Trinajstić information content (AvgIpc) is 3.28. The van der Waals surface area contributed by atoms with Crippen molar-refractivity contribution in [2.75, 3.05) is 5.32 Å². The number of anilines is 1. The molecule has 5 aromatic rings. The first-order valence-corrected chi connectivity index (χ1v) is 10.4. The molecule has 0 spiro atoms. The number of aromatic amines is 1. The second kappa shape index (κ2) is 8.05. The molecule has 2 N–H and O–H groups in total. The van der Waals surface area contributed by atoms with Crippen molar-refractivity contribution in [3.63, 3.8) is 0 Å². The molecule has 0 bridgehead atoms. The quantitative estimate of drug-likeness (QED) is 0.394. The molecule has 0 aliphatic rings. The van der Waals surface area contributed by atoms with Crippen LogP contribution < -0.4 is 10.9 Å². The summed E-state index contributed by atoms with van der Waals surface area (Å²) in [6.45, 7) is 2.01. The highest BCUT2D eigenvalue weighted by molar-refractivity contribution is 6.30. The molecule has 3 heterocycles. The number of hydrogen-bond acceptors (Lipinski definition) is 5. The molecule has 32 heavy (non-hydrogen) atoms. The molecule has 3 aromatic heterocycles. The van der Waals surface area contributed by atoms with E-state index in [9.17, 15) is 9.18 Å². The molecule has 0 saturated heterocycles. The molecule has 5 rings (SSSR count). The highest BCUT2D eigenvalue weighted by Gasteiger charge is 2.20. The van der Waals surface area contributed by atoms with Gasteiger partial charge in [-0.1, -0.05) is 24.6 Å². The fourth-order valence-corrected chi connectivity index (χ4v) is 3.96. The van der Waals surface area contributed by atoms with E-state index in [1.54, 1.807) is 41.2 Å². The minimum absolute atomic E-state index is 0.289. The molecule has 9 heteroatoms. The largest absolute Gasteiger partial charge is 0.360 e. The number of halogens is 2. The van der Waals surface area contributed by atoms with Crippen molar-refractivity contribution < 1.29 is 4.39 Å². The Morgan fingerprint density at radius 3 is 2.72 bits per heavy atom. The lowest BCUT2D eigenvalue weighted by Crippen LogP contribution is -2.26. The van der Waals surface area contributed by atoms with Gasteiger partial charge in [0.25, 0.3) is 5.56 Å². The van der Waals surface area contributed by atoms with E-state index >= 15 is 0 Å². The second-order valence-electron chi connectivity index (χ2n) is 7.34. The Kier molecular flexibility index (Phi) is 5.07. The van der Waals surface area contributed by atoms with E-state index in [0.717, 1.165) is 0 Å². The summed E-state index contributed by atoms with van der Waals surface area (Å²) >= 11 is 6.06. The van der Waals surface area contributed by atoms with Crippen LogP contribution in [0.2, 0.25) is 5.02 Å². The van der Waals surface area contributed by atoms with E-state index in [1.165, 1.54) is 18.5 Å². The highest BCUT2D eigenvalue weighted by atomic mass is 35.5. The molecule has 0 saturated carbocycles. The lowest BCUT2D eigenvalue weighted by atomic mass is 10.0. The summed E-state index contributed by atoms with van der Waals surface area (Å²) in [4.78, 5) is 29.3. The van der Waals surface area contributed by atoms with Gasteiger partial charge >= 0.3 is 0 Å². The van der Waals surface area contributed by atoms with E-state index in [0.29, 0.717) is 50.6 Å². The number of imidazole rings is 1. The number of fused-ring (bicyclic) bond motifs is 2. The summed E-state index contributed by atoms with van der Waals surface area (Å²) < 4.78 is 15.5. The van der Waals surface area contributed by atoms with Crippen LogP contribution in [0.4, 0.5) is 10.2 Å². The van der Waals surface area contributed by atoms with Crippen LogP contribution in [-0.4, -0.2) is 24.5 Å². The standard InChI is InChI=1S/C23H18ClFN6O/c1-2-18(30-22-20-21(27-11-26-20)28-12-29-22)19-9-13-3-6-15(25)10-17(13)23(32)31(19)16-7-4-14(24)5-8-16/h3-12,18H,2H2,1H3,(H2,26,27,28,29,30)/t18-/m0/s1. The second-order valence-corrected chi connectivity index (χ2v) is 7.78. The molecule has 0 amide bonds. The predicted molar refractivity (Wildman–Crippen MR) is 123 cm³/mol. The Morgan fingerprint density at radius 1 is 1.12 bits per heavy atom. The first-order chi connectivity index (χ1) is 15.5. The summed E-state index contributed by atoms with van der Waals surface area (Å²) in [6, 6.07) is 12.8. The zero-order chi connectivity index (χ0) is 22.2. The number of rotatable bonds is 5. The molecule has 0 aliphatic carbocycles. The minimum atomic E-state index is -0.461. The summed E-state index contributed by atoms with van der Waals surface area (Å²) in [5.41, 5.74) is 2.25. The zero-order valence-corrected chi connectivity index (χ0v) is 17.8. The van der Waals surface area contributed by atoms with Crippen molar-refractivity contribution in [1.29, 1.82) is 0 Å². The fourth-order valence-electron chi connectivity index (χ4n) is 3.83. The smallest absolute Gasteiger partial charge is 0.263 e. The number of nitrogens with one attached hydrogen (secondary N) is 2. The van der Waals surface area contributed by atoms with Gasteiger partial charge in [0, 0.05) is 16.4 Å². The number of H-pyrrole nitrogens is 1. The van der Waals surface area contributed by atoms with Crippen molar-refractivity contribution >= 4 is 39.4 Å². The maximum Gasteiger partial charge on any atom is 0.263 e. The predicted octanol–water partition coefficient (Wildman–Crippen LogP) is 5.01. The third-order valence-corrected chi connectivity index (χ3v) is 5.64. The number of nitrogens with zero attached hydrogens (tertiary/aromatic N) is 4. The van der Waals surface area contributed by atoms with Gasteiger partial charge in [-0.15, -0.1) is 0 Å². The van der Waals surface area contributed by atoms with Crippen molar-refractivity contribution in [3.05, 3.63) is 88.1 Å². The summed E-state index contributed by atoms with van der Waals surface area (Å²) in [5.74, 6) is 0.0921. The maximum atomic E-state index is 13.9. The van der Waals surface area contributed by atoms with Crippen LogP contribution in [0.1, 0.15) is 25.1 Å². The van der Waals surface area contributed by atoms with Crippen molar-refractivity contribution in [2.24, 2.45) is 0 Å². The first-order valence-electron chi connectivity index (χ1n) is 10.1. The Hall–Kier alpha value is -3.78. The Balaban J connectivity index is 1.72. The van der Waals surface area contributed by atoms with Gasteiger partial charge in [0.05, 0.1) is 17.8 Å². The number of aromatic nitrogens is 5. The molecule has 7 nitrogen and oxygen atoms in total. The van der Waals surface area contributed by atoms with Crippen LogP contribution in [0.15, 0.2) is 66.0 Å². The van der Waals surface area contributed by atoms with E-state index in [1.807, 2.05) is 13.0 Å². The van der Waals surface area contributed by atoms with Gasteiger partial charge in [0.1, 0.15) is 17.7 Å². The molecule has 1 atom stereocenters. The maximum absolute atomic E-state index is 13.9. The van der Waals surface area contributed by atoms with Crippen LogP contribution >= 0.6 is 11.6 Å². The normalized spacial score (nSPS) is 12.3. The Bertz CT molecular complexity index is 1490. The molecular weight excluding hydrogens is 431 g/mol. The van der Waals surface area contributed by atoms with Crippen LogP contribution in [-0.2, 0) is 0 Å². The van der Waals surface area contributed by atoms with Gasteiger partial charge in [0.15, 0.2) is 11.5 Å². The van der Waals surface area contributed by atoms with Crippen LogP contribution in [0, 0.1) is 5.82 Å². The average molecular weight is 449 g/mol. The fraction of sp³-hybridized carbons (Fsp3) is 0.130. The topological polar surface area (TPSA) is 88.5 Å². The lowest BCUT2D eigenvalue weighted by molar-refractivity contribution is 0.629. The summed E-state index contributed by atoms with van der Waals surface area (Å²) in [7, 11) is 0. The lowest BCUT2D eigenvalue weighted by Gasteiger charge is -2.23. The van der Waals surface area contributed by atoms with E-state index in [2.05, 4.69) is 25.3 Å². The van der Waals surface area contributed by atoms with Gasteiger partial charge in [-0.05, 0) is 54.3 Å². The van der Waals surface area contributed by atoms with E-state index in [4.69, 9.17) is 11.6 Å². The van der Waals surface area contributed by atoms with Crippen LogP contribution in [0.5, 0.6) is 0 Å². The van der Waals surface area contributed by atoms with Gasteiger partial charge < -0.3 is 10.3 Å². The van der Waals surface area contributed by atoms with E-state index < -0.39 is 5.82 Å². The summed E-state index contributed by atoms with van der Waals surface area (Å²) in [6.07, 6.45) is 3.65. The van der Waals surface area contributed by atoms with Gasteiger partial charge in [-0.2, -0.15) is 0 Å². The van der Waals surface area contributed by atoms with Gasteiger partial charge in [-0.25, -0.2) is 19.3 Å². The van der Waals surface area contributed by atoms with E-state index in [-0.39, 0.29) is 11.6 Å². The first kappa shape index (κ1) is 20.1. The molecule has 0 radical (unpaired) electrons. The molecule has 160 valence electrons. The van der Waals surface area contributed by atoms with Crippen LogP contribution in [0.3, 0.4) is 0 Å². The molecule has 2 aromatic carbocycles. The number of hydrogen-bond donors (Lipinski definition) is 2. The minimum Gasteiger partial charge on any atom is -0.360 e. The van der Waals surface area contributed by atoms with Gasteiger partial charge in [0.2, 0.25) is 0 Å². The third kappa shape index (κ3) is 3.48. The Labute approximate surface area is 186 Å². The number of pyridine rings is 1. The zero-order valence-electron chi connectivity index (χ0n) is 17.0. The highest BCUT2D eigenvalue weighted by Crippen LogP contribution is 2.28.